The fourth-order valence-electron chi connectivity index (χ4n) is 2.12. The fourth-order valence-corrected chi connectivity index (χ4v) is 2.72. The van der Waals surface area contributed by atoms with Gasteiger partial charge in [-0.15, -0.1) is 0 Å². The highest BCUT2D eigenvalue weighted by Gasteiger charge is 2.31. The van der Waals surface area contributed by atoms with Crippen molar-refractivity contribution in [2.24, 2.45) is 0 Å². The highest BCUT2D eigenvalue weighted by Crippen LogP contribution is 2.24. The van der Waals surface area contributed by atoms with E-state index in [9.17, 15) is 17.6 Å². The lowest BCUT2D eigenvalue weighted by Gasteiger charge is -2.25. The van der Waals surface area contributed by atoms with Gasteiger partial charge in [-0.2, -0.15) is 4.31 Å². The molecule has 0 radical (unpaired) electrons. The van der Waals surface area contributed by atoms with Crippen LogP contribution in [0.5, 0.6) is 0 Å². The lowest BCUT2D eigenvalue weighted by atomic mass is 10.1. The number of nitrogens with zero attached hydrogens (tertiary/aromatic N) is 1. The summed E-state index contributed by atoms with van der Waals surface area (Å²) in [6.45, 7) is 0. The van der Waals surface area contributed by atoms with Crippen molar-refractivity contribution >= 4 is 21.6 Å². The lowest BCUT2D eigenvalue weighted by Crippen LogP contribution is -2.38. The Hall–Kier alpha value is -2.25. The molecule has 0 saturated heterocycles. The van der Waals surface area contributed by atoms with E-state index < -0.39 is 27.8 Å². The molecule has 0 aliphatic heterocycles. The van der Waals surface area contributed by atoms with E-state index in [1.807, 2.05) is 0 Å². The van der Waals surface area contributed by atoms with Crippen molar-refractivity contribution in [1.29, 1.82) is 0 Å². The summed E-state index contributed by atoms with van der Waals surface area (Å²) in [4.78, 5) is 12.6. The number of likely N-dealkylation sites (N-methyl/N-ethyl adjacent to an activating group) is 1. The van der Waals surface area contributed by atoms with Crippen LogP contribution in [0.4, 0.5) is 10.1 Å². The number of sulfonamides is 1. The molecule has 0 aliphatic carbocycles. The van der Waals surface area contributed by atoms with Crippen LogP contribution in [0, 0.1) is 5.82 Å². The smallest absolute Gasteiger partial charge is 0.247 e. The van der Waals surface area contributed by atoms with Gasteiger partial charge in [0.1, 0.15) is 11.9 Å². The monoisotopic (exact) mass is 336 g/mol. The Morgan fingerprint density at radius 1 is 1.09 bits per heavy atom. The Morgan fingerprint density at radius 3 is 2.22 bits per heavy atom. The number of halogens is 1. The predicted molar refractivity (Wildman–Crippen MR) is 86.8 cm³/mol. The number of rotatable bonds is 5. The highest BCUT2D eigenvalue weighted by atomic mass is 32.2. The van der Waals surface area contributed by atoms with Crippen LogP contribution in [0.2, 0.25) is 0 Å². The van der Waals surface area contributed by atoms with Gasteiger partial charge in [0.15, 0.2) is 0 Å². The summed E-state index contributed by atoms with van der Waals surface area (Å²) in [5, 5.41) is 2.44. The average molecular weight is 336 g/mol. The van der Waals surface area contributed by atoms with Gasteiger partial charge in [-0.3, -0.25) is 4.79 Å². The molecular formula is C16H17FN2O3S. The van der Waals surface area contributed by atoms with Crippen molar-refractivity contribution in [2.75, 3.05) is 18.6 Å². The van der Waals surface area contributed by atoms with Gasteiger partial charge in [0.25, 0.3) is 0 Å². The topological polar surface area (TPSA) is 66.5 Å². The van der Waals surface area contributed by atoms with Crippen LogP contribution in [0.15, 0.2) is 54.6 Å². The van der Waals surface area contributed by atoms with Crippen molar-refractivity contribution in [1.82, 2.24) is 4.31 Å². The van der Waals surface area contributed by atoms with Crippen molar-refractivity contribution in [3.05, 3.63) is 66.0 Å². The first-order valence-electron chi connectivity index (χ1n) is 6.84. The second-order valence-corrected chi connectivity index (χ2v) is 7.10. The van der Waals surface area contributed by atoms with E-state index in [2.05, 4.69) is 5.32 Å². The number of hydrogen-bond donors (Lipinski definition) is 1. The van der Waals surface area contributed by atoms with Gasteiger partial charge in [0.05, 0.1) is 11.9 Å². The van der Waals surface area contributed by atoms with Crippen LogP contribution in [-0.2, 0) is 14.8 Å². The summed E-state index contributed by atoms with van der Waals surface area (Å²) in [5.74, 6) is -1.22. The summed E-state index contributed by atoms with van der Waals surface area (Å²) >= 11 is 0. The molecule has 0 bridgehead atoms. The summed E-state index contributed by atoms with van der Waals surface area (Å²) in [5.41, 5.74) is 0.495. The number of hydrogen-bond acceptors (Lipinski definition) is 3. The molecule has 2 rings (SSSR count). The van der Waals surface area contributed by atoms with Gasteiger partial charge in [-0.1, -0.05) is 42.5 Å². The zero-order chi connectivity index (χ0) is 17.0. The minimum atomic E-state index is -3.62. The number of nitrogens with one attached hydrogen (secondary N) is 1. The van der Waals surface area contributed by atoms with Crippen LogP contribution >= 0.6 is 0 Å². The molecule has 1 N–H and O–H groups in total. The molecule has 0 aromatic heterocycles. The number of carbonyl (C=O) groups is 1. The molecule has 23 heavy (non-hydrogen) atoms. The molecule has 1 amide bonds. The molecule has 0 spiro atoms. The van der Waals surface area contributed by atoms with Crippen LogP contribution in [0.25, 0.3) is 0 Å². The second-order valence-electron chi connectivity index (χ2n) is 5.06. The average Bonchev–Trinajstić information content (AvgIpc) is 2.50. The van der Waals surface area contributed by atoms with E-state index in [0.717, 1.165) is 10.6 Å². The first kappa shape index (κ1) is 17.1. The zero-order valence-corrected chi connectivity index (χ0v) is 13.5. The molecule has 5 nitrogen and oxygen atoms in total. The largest absolute Gasteiger partial charge is 0.322 e. The maximum absolute atomic E-state index is 13.7. The van der Waals surface area contributed by atoms with E-state index in [0.29, 0.717) is 5.56 Å². The summed E-state index contributed by atoms with van der Waals surface area (Å²) in [6, 6.07) is 13.1. The lowest BCUT2D eigenvalue weighted by molar-refractivity contribution is -0.119. The summed E-state index contributed by atoms with van der Waals surface area (Å²) in [7, 11) is -2.31. The Morgan fingerprint density at radius 2 is 1.65 bits per heavy atom. The van der Waals surface area contributed by atoms with Crippen molar-refractivity contribution < 1.29 is 17.6 Å². The van der Waals surface area contributed by atoms with E-state index >= 15 is 0 Å². The normalized spacial score (nSPS) is 12.9. The number of anilines is 1. The third kappa shape index (κ3) is 4.14. The Balaban J connectivity index is 2.38. The molecule has 122 valence electrons. The minimum Gasteiger partial charge on any atom is -0.322 e. The van der Waals surface area contributed by atoms with E-state index in [1.54, 1.807) is 36.4 Å². The standard InChI is InChI=1S/C16H17FN2O3S/c1-19(23(2,21)22)15(12-8-4-3-5-9-12)16(20)18-14-11-7-6-10-13(14)17/h3-11,15H,1-2H3,(H,18,20). The van der Waals surface area contributed by atoms with Crippen LogP contribution in [0.1, 0.15) is 11.6 Å². The van der Waals surface area contributed by atoms with Gasteiger partial charge < -0.3 is 5.32 Å². The third-order valence-corrected chi connectivity index (χ3v) is 4.64. The number of para-hydroxylation sites is 1. The minimum absolute atomic E-state index is 0.000308. The van der Waals surface area contributed by atoms with Gasteiger partial charge in [0.2, 0.25) is 15.9 Å². The van der Waals surface area contributed by atoms with Crippen molar-refractivity contribution in [3.63, 3.8) is 0 Å². The van der Waals surface area contributed by atoms with Gasteiger partial charge >= 0.3 is 0 Å². The van der Waals surface area contributed by atoms with Gasteiger partial charge in [0, 0.05) is 7.05 Å². The Labute approximate surface area is 134 Å². The third-order valence-electron chi connectivity index (χ3n) is 3.38. The molecule has 2 aromatic carbocycles. The van der Waals surface area contributed by atoms with Crippen molar-refractivity contribution in [3.8, 4) is 0 Å². The molecule has 1 atom stereocenters. The Bertz CT molecular complexity index is 794. The van der Waals surface area contributed by atoms with Crippen LogP contribution < -0.4 is 5.32 Å². The van der Waals surface area contributed by atoms with E-state index in [4.69, 9.17) is 0 Å². The maximum atomic E-state index is 13.7. The van der Waals surface area contributed by atoms with Gasteiger partial charge in [-0.25, -0.2) is 12.8 Å². The van der Waals surface area contributed by atoms with E-state index in [1.165, 1.54) is 25.2 Å². The number of benzene rings is 2. The quantitative estimate of drug-likeness (QED) is 0.912. The first-order chi connectivity index (χ1) is 10.8. The SMILES string of the molecule is CN(C(C(=O)Nc1ccccc1F)c1ccccc1)S(C)(=O)=O. The number of amides is 1. The first-order valence-corrected chi connectivity index (χ1v) is 8.69. The molecule has 0 fully saturated rings. The molecule has 1 unspecified atom stereocenters. The molecular weight excluding hydrogens is 319 g/mol. The molecule has 0 heterocycles. The number of carbonyl (C=O) groups excluding carboxylic acids is 1. The second kappa shape index (κ2) is 6.89. The molecule has 0 aliphatic rings. The van der Waals surface area contributed by atoms with Gasteiger partial charge in [-0.05, 0) is 17.7 Å². The summed E-state index contributed by atoms with van der Waals surface area (Å²) in [6.07, 6.45) is 1.01. The van der Waals surface area contributed by atoms with Crippen LogP contribution in [-0.4, -0.2) is 31.9 Å². The zero-order valence-electron chi connectivity index (χ0n) is 12.7. The Kier molecular flexibility index (Phi) is 5.12. The fraction of sp³-hybridized carbons (Fsp3) is 0.188. The molecule has 2 aromatic rings. The highest BCUT2D eigenvalue weighted by molar-refractivity contribution is 7.88. The maximum Gasteiger partial charge on any atom is 0.247 e. The predicted octanol–water partition coefficient (Wildman–Crippen LogP) is 2.40. The summed E-state index contributed by atoms with van der Waals surface area (Å²) < 4.78 is 38.3. The van der Waals surface area contributed by atoms with E-state index in [-0.39, 0.29) is 5.69 Å². The molecule has 7 heteroatoms. The van der Waals surface area contributed by atoms with Crippen LogP contribution in [0.3, 0.4) is 0 Å². The molecule has 0 saturated carbocycles. The van der Waals surface area contributed by atoms with Crippen molar-refractivity contribution in [2.45, 2.75) is 6.04 Å².